The third-order valence-electron chi connectivity index (χ3n) is 2.94. The van der Waals surface area contributed by atoms with Gasteiger partial charge in [-0.1, -0.05) is 0 Å². The number of hydrogen-bond acceptors (Lipinski definition) is 4. The van der Waals surface area contributed by atoms with Crippen LogP contribution in [-0.2, 0) is 23.1 Å². The molecular weight excluding hydrogens is 302 g/mol. The highest BCUT2D eigenvalue weighted by Crippen LogP contribution is 2.23. The Bertz CT molecular complexity index is 730. The normalized spacial score (nSPS) is 12.0. The Labute approximate surface area is 121 Å². The Balaban J connectivity index is 2.41. The molecule has 0 fully saturated rings. The molecule has 21 heavy (non-hydrogen) atoms. The summed E-state index contributed by atoms with van der Waals surface area (Å²) < 4.78 is 57.9. The lowest BCUT2D eigenvalue weighted by molar-refractivity contribution is 0.401. The SMILES string of the molecule is CN(Cc1ccco1)S(=O)(=O)c1cc(CN)cc(F)c1F. The first-order chi connectivity index (χ1) is 9.86. The van der Waals surface area contributed by atoms with Crippen molar-refractivity contribution in [3.63, 3.8) is 0 Å². The Morgan fingerprint density at radius 1 is 1.33 bits per heavy atom. The molecule has 0 spiro atoms. The lowest BCUT2D eigenvalue weighted by Gasteiger charge is -2.17. The van der Waals surface area contributed by atoms with Gasteiger partial charge in [-0.3, -0.25) is 0 Å². The van der Waals surface area contributed by atoms with Crippen molar-refractivity contribution < 1.29 is 21.6 Å². The van der Waals surface area contributed by atoms with E-state index in [1.807, 2.05) is 0 Å². The van der Waals surface area contributed by atoms with Crippen LogP contribution in [0.2, 0.25) is 0 Å². The standard InChI is InChI=1S/C13H14F2N2O3S/c1-17(8-10-3-2-4-20-10)21(18,19)12-6-9(7-16)5-11(14)13(12)15/h2-6H,7-8,16H2,1H3. The van der Waals surface area contributed by atoms with Crippen LogP contribution in [0.1, 0.15) is 11.3 Å². The Hall–Kier alpha value is -1.77. The van der Waals surface area contributed by atoms with Gasteiger partial charge >= 0.3 is 0 Å². The molecule has 0 aliphatic rings. The van der Waals surface area contributed by atoms with Crippen LogP contribution in [0.5, 0.6) is 0 Å². The predicted octanol–water partition coefficient (Wildman–Crippen LogP) is 1.84. The molecule has 0 saturated heterocycles. The molecule has 0 amide bonds. The highest BCUT2D eigenvalue weighted by atomic mass is 32.2. The van der Waals surface area contributed by atoms with Crippen molar-refractivity contribution in [2.45, 2.75) is 18.0 Å². The average Bonchev–Trinajstić information content (AvgIpc) is 2.94. The molecule has 2 aromatic rings. The van der Waals surface area contributed by atoms with E-state index < -0.39 is 26.6 Å². The third-order valence-corrected chi connectivity index (χ3v) is 4.74. The van der Waals surface area contributed by atoms with Gasteiger partial charge in [0.25, 0.3) is 0 Å². The van der Waals surface area contributed by atoms with Gasteiger partial charge in [-0.05, 0) is 29.8 Å². The van der Waals surface area contributed by atoms with E-state index in [0.29, 0.717) is 5.76 Å². The Morgan fingerprint density at radius 3 is 2.62 bits per heavy atom. The summed E-state index contributed by atoms with van der Waals surface area (Å²) in [7, 11) is -2.94. The number of halogens is 2. The molecule has 1 heterocycles. The maximum atomic E-state index is 13.8. The minimum atomic E-state index is -4.20. The average molecular weight is 316 g/mol. The molecule has 0 aliphatic heterocycles. The quantitative estimate of drug-likeness (QED) is 0.913. The van der Waals surface area contributed by atoms with Gasteiger partial charge in [-0.25, -0.2) is 17.2 Å². The van der Waals surface area contributed by atoms with Crippen LogP contribution in [0.25, 0.3) is 0 Å². The zero-order chi connectivity index (χ0) is 15.6. The van der Waals surface area contributed by atoms with Crippen LogP contribution in [-0.4, -0.2) is 19.8 Å². The van der Waals surface area contributed by atoms with E-state index in [1.165, 1.54) is 13.3 Å². The van der Waals surface area contributed by atoms with Crippen LogP contribution < -0.4 is 5.73 Å². The summed E-state index contributed by atoms with van der Waals surface area (Å²) in [4.78, 5) is -0.739. The minimum Gasteiger partial charge on any atom is -0.468 e. The lowest BCUT2D eigenvalue weighted by atomic mass is 10.2. The molecule has 1 aromatic carbocycles. The van der Waals surface area contributed by atoms with Gasteiger partial charge in [-0.15, -0.1) is 0 Å². The summed E-state index contributed by atoms with van der Waals surface area (Å²) in [5, 5.41) is 0. The first-order valence-corrected chi connectivity index (χ1v) is 7.47. The molecule has 2 rings (SSSR count). The first-order valence-electron chi connectivity index (χ1n) is 6.03. The molecule has 0 aliphatic carbocycles. The first kappa shape index (κ1) is 15.6. The number of benzene rings is 1. The maximum Gasteiger partial charge on any atom is 0.246 e. The highest BCUT2D eigenvalue weighted by molar-refractivity contribution is 7.89. The maximum absolute atomic E-state index is 13.8. The largest absolute Gasteiger partial charge is 0.468 e. The number of sulfonamides is 1. The molecule has 5 nitrogen and oxygen atoms in total. The number of hydrogen-bond donors (Lipinski definition) is 1. The molecule has 0 bridgehead atoms. The molecular formula is C13H14F2N2O3S. The van der Waals surface area contributed by atoms with E-state index in [4.69, 9.17) is 10.2 Å². The van der Waals surface area contributed by atoms with Crippen molar-refractivity contribution >= 4 is 10.0 Å². The fraction of sp³-hybridized carbons (Fsp3) is 0.231. The number of rotatable bonds is 5. The Kier molecular flexibility index (Phi) is 4.40. The second-order valence-corrected chi connectivity index (χ2v) is 6.45. The van der Waals surface area contributed by atoms with Gasteiger partial charge in [0, 0.05) is 13.6 Å². The van der Waals surface area contributed by atoms with Crippen LogP contribution in [0.3, 0.4) is 0 Å². The second-order valence-electron chi connectivity index (χ2n) is 4.43. The van der Waals surface area contributed by atoms with Crippen molar-refractivity contribution in [3.05, 3.63) is 53.5 Å². The molecule has 114 valence electrons. The van der Waals surface area contributed by atoms with Gasteiger partial charge in [0.05, 0.1) is 12.8 Å². The fourth-order valence-electron chi connectivity index (χ4n) is 1.80. The van der Waals surface area contributed by atoms with Gasteiger partial charge in [-0.2, -0.15) is 4.31 Å². The number of nitrogens with zero attached hydrogens (tertiary/aromatic N) is 1. The number of furan rings is 1. The molecule has 2 N–H and O–H groups in total. The van der Waals surface area contributed by atoms with E-state index in [2.05, 4.69) is 0 Å². The Morgan fingerprint density at radius 2 is 2.05 bits per heavy atom. The van der Waals surface area contributed by atoms with E-state index in [-0.39, 0.29) is 18.7 Å². The molecule has 1 aromatic heterocycles. The third kappa shape index (κ3) is 3.12. The van der Waals surface area contributed by atoms with E-state index in [0.717, 1.165) is 16.4 Å². The second kappa shape index (κ2) is 5.92. The van der Waals surface area contributed by atoms with Gasteiger partial charge in [0.15, 0.2) is 11.6 Å². The van der Waals surface area contributed by atoms with Crippen molar-refractivity contribution in [1.82, 2.24) is 4.31 Å². The smallest absolute Gasteiger partial charge is 0.246 e. The number of nitrogens with two attached hydrogens (primary N) is 1. The van der Waals surface area contributed by atoms with Crippen molar-refractivity contribution in [3.8, 4) is 0 Å². The topological polar surface area (TPSA) is 76.5 Å². The van der Waals surface area contributed by atoms with Crippen molar-refractivity contribution in [2.75, 3.05) is 7.05 Å². The minimum absolute atomic E-state index is 0.0940. The molecule has 0 saturated carbocycles. The van der Waals surface area contributed by atoms with Crippen molar-refractivity contribution in [2.24, 2.45) is 5.73 Å². The zero-order valence-corrected chi connectivity index (χ0v) is 12.0. The molecule has 8 heteroatoms. The monoisotopic (exact) mass is 316 g/mol. The lowest BCUT2D eigenvalue weighted by Crippen LogP contribution is -2.27. The summed E-state index contributed by atoms with van der Waals surface area (Å²) in [5.41, 5.74) is 5.55. The van der Waals surface area contributed by atoms with Crippen LogP contribution in [0, 0.1) is 11.6 Å². The zero-order valence-electron chi connectivity index (χ0n) is 11.2. The summed E-state index contributed by atoms with van der Waals surface area (Å²) >= 11 is 0. The fourth-order valence-corrected chi connectivity index (χ4v) is 3.05. The molecule has 0 atom stereocenters. The van der Waals surface area contributed by atoms with Gasteiger partial charge < -0.3 is 10.2 Å². The summed E-state index contributed by atoms with van der Waals surface area (Å²) in [6.45, 7) is -0.190. The van der Waals surface area contributed by atoms with Crippen LogP contribution in [0.15, 0.2) is 39.8 Å². The van der Waals surface area contributed by atoms with Gasteiger partial charge in [0.1, 0.15) is 10.7 Å². The molecule has 0 unspecified atom stereocenters. The highest BCUT2D eigenvalue weighted by Gasteiger charge is 2.27. The van der Waals surface area contributed by atoms with Crippen LogP contribution >= 0.6 is 0 Å². The van der Waals surface area contributed by atoms with Gasteiger partial charge in [0.2, 0.25) is 10.0 Å². The summed E-state index contributed by atoms with van der Waals surface area (Å²) in [6, 6.07) is 5.09. The van der Waals surface area contributed by atoms with E-state index >= 15 is 0 Å². The van der Waals surface area contributed by atoms with Crippen molar-refractivity contribution in [1.29, 1.82) is 0 Å². The summed E-state index contributed by atoms with van der Waals surface area (Å²) in [5.74, 6) is -2.28. The summed E-state index contributed by atoms with van der Waals surface area (Å²) in [6.07, 6.45) is 1.39. The van der Waals surface area contributed by atoms with Crippen LogP contribution in [0.4, 0.5) is 8.78 Å². The van der Waals surface area contributed by atoms with E-state index in [9.17, 15) is 17.2 Å². The van der Waals surface area contributed by atoms with E-state index in [1.54, 1.807) is 12.1 Å². The molecule has 0 radical (unpaired) electrons. The predicted molar refractivity (Wildman–Crippen MR) is 71.6 cm³/mol.